The van der Waals surface area contributed by atoms with Gasteiger partial charge in [0.05, 0.1) is 0 Å². The van der Waals surface area contributed by atoms with Gasteiger partial charge in [-0.1, -0.05) is 47.6 Å². The molecule has 16 heavy (non-hydrogen) atoms. The molecule has 0 aliphatic carbocycles. The molecule has 3 rings (SSSR count). The van der Waals surface area contributed by atoms with Crippen molar-refractivity contribution in [2.24, 2.45) is 0 Å². The van der Waals surface area contributed by atoms with Crippen LogP contribution in [0, 0.1) is 6.92 Å². The summed E-state index contributed by atoms with van der Waals surface area (Å²) < 4.78 is 5.43. The normalized spacial score (nSPS) is 10.8. The molecule has 0 bridgehead atoms. The Balaban J connectivity index is 2.30. The maximum Gasteiger partial charge on any atom is 0.174 e. The lowest BCUT2D eigenvalue weighted by Crippen LogP contribution is -1.76. The number of benzene rings is 2. The van der Waals surface area contributed by atoms with Crippen LogP contribution in [0.25, 0.3) is 22.2 Å². The molecule has 3 aromatic rings. The predicted molar refractivity (Wildman–Crippen MR) is 64.2 cm³/mol. The zero-order valence-corrected chi connectivity index (χ0v) is 8.97. The molecule has 0 spiro atoms. The average Bonchev–Trinajstić information content (AvgIpc) is 2.75. The number of rotatable bonds is 1. The third kappa shape index (κ3) is 1.31. The van der Waals surface area contributed by atoms with Crippen LogP contribution >= 0.6 is 0 Å². The highest BCUT2D eigenvalue weighted by atomic mass is 16.5. The molecule has 2 aromatic carbocycles. The van der Waals surface area contributed by atoms with Gasteiger partial charge in [-0.25, -0.2) is 0 Å². The van der Waals surface area contributed by atoms with E-state index in [2.05, 4.69) is 5.16 Å². The van der Waals surface area contributed by atoms with Crippen molar-refractivity contribution in [3.63, 3.8) is 0 Å². The van der Waals surface area contributed by atoms with Crippen LogP contribution in [0.2, 0.25) is 0 Å². The molecular formula is C14H11NO. The minimum absolute atomic E-state index is 0.847. The summed E-state index contributed by atoms with van der Waals surface area (Å²) in [4.78, 5) is 0. The van der Waals surface area contributed by atoms with Gasteiger partial charge in [-0.3, -0.25) is 0 Å². The van der Waals surface area contributed by atoms with Gasteiger partial charge in [0, 0.05) is 10.9 Å². The Kier molecular flexibility index (Phi) is 2.00. The molecule has 0 unspecified atom stereocenters. The molecule has 0 saturated heterocycles. The van der Waals surface area contributed by atoms with E-state index in [9.17, 15) is 0 Å². The van der Waals surface area contributed by atoms with E-state index >= 15 is 0 Å². The van der Waals surface area contributed by atoms with Crippen molar-refractivity contribution in [3.05, 3.63) is 54.1 Å². The van der Waals surface area contributed by atoms with Gasteiger partial charge in [0.1, 0.15) is 5.52 Å². The molecule has 0 aliphatic heterocycles. The van der Waals surface area contributed by atoms with Gasteiger partial charge in [-0.2, -0.15) is 0 Å². The standard InChI is InChI=1S/C14H11NO/c1-10-6-5-9-12-13(10)15-16-14(12)11-7-3-2-4-8-11/h2-9H,1H3. The van der Waals surface area contributed by atoms with Crippen molar-refractivity contribution >= 4 is 10.9 Å². The van der Waals surface area contributed by atoms with E-state index < -0.39 is 0 Å². The van der Waals surface area contributed by atoms with Crippen LogP contribution in [0.4, 0.5) is 0 Å². The quantitative estimate of drug-likeness (QED) is 0.609. The lowest BCUT2D eigenvalue weighted by atomic mass is 10.1. The number of hydrogen-bond donors (Lipinski definition) is 0. The summed E-state index contributed by atoms with van der Waals surface area (Å²) >= 11 is 0. The predicted octanol–water partition coefficient (Wildman–Crippen LogP) is 3.80. The number of hydrogen-bond acceptors (Lipinski definition) is 2. The molecule has 0 N–H and O–H groups in total. The van der Waals surface area contributed by atoms with Gasteiger partial charge in [0.2, 0.25) is 0 Å². The fourth-order valence-corrected chi connectivity index (χ4v) is 1.90. The van der Waals surface area contributed by atoms with Crippen molar-refractivity contribution in [2.45, 2.75) is 6.92 Å². The Morgan fingerprint density at radius 1 is 0.938 bits per heavy atom. The minimum atomic E-state index is 0.847. The summed E-state index contributed by atoms with van der Waals surface area (Å²) in [6.45, 7) is 2.04. The number of aryl methyl sites for hydroxylation is 1. The van der Waals surface area contributed by atoms with Crippen molar-refractivity contribution in [3.8, 4) is 11.3 Å². The molecule has 0 fully saturated rings. The van der Waals surface area contributed by atoms with Crippen LogP contribution in [0.5, 0.6) is 0 Å². The minimum Gasteiger partial charge on any atom is -0.355 e. The third-order valence-electron chi connectivity index (χ3n) is 2.75. The SMILES string of the molecule is Cc1cccc2c(-c3ccccc3)onc12. The Morgan fingerprint density at radius 2 is 1.75 bits per heavy atom. The highest BCUT2D eigenvalue weighted by molar-refractivity contribution is 5.93. The van der Waals surface area contributed by atoms with E-state index in [1.165, 1.54) is 0 Å². The van der Waals surface area contributed by atoms with Crippen molar-refractivity contribution in [2.75, 3.05) is 0 Å². The maximum atomic E-state index is 5.43. The number of aromatic nitrogens is 1. The van der Waals surface area contributed by atoms with Crippen LogP contribution in [0.1, 0.15) is 5.56 Å². The third-order valence-corrected chi connectivity index (χ3v) is 2.75. The first kappa shape index (κ1) is 9.16. The van der Waals surface area contributed by atoms with E-state index in [1.54, 1.807) is 0 Å². The number of nitrogens with zero attached hydrogens (tertiary/aromatic N) is 1. The van der Waals surface area contributed by atoms with Crippen LogP contribution < -0.4 is 0 Å². The topological polar surface area (TPSA) is 26.0 Å². The van der Waals surface area contributed by atoms with Crippen LogP contribution in [0.3, 0.4) is 0 Å². The van der Waals surface area contributed by atoms with E-state index in [0.29, 0.717) is 0 Å². The van der Waals surface area contributed by atoms with E-state index in [0.717, 1.165) is 27.8 Å². The van der Waals surface area contributed by atoms with Gasteiger partial charge in [0.15, 0.2) is 5.76 Å². The van der Waals surface area contributed by atoms with Gasteiger partial charge < -0.3 is 4.52 Å². The molecule has 0 saturated carbocycles. The number of fused-ring (bicyclic) bond motifs is 1. The molecule has 1 aromatic heterocycles. The zero-order valence-electron chi connectivity index (χ0n) is 8.97. The molecule has 0 amide bonds. The summed E-state index contributed by atoms with van der Waals surface area (Å²) in [6, 6.07) is 16.2. The van der Waals surface area contributed by atoms with E-state index in [-0.39, 0.29) is 0 Å². The maximum absolute atomic E-state index is 5.43. The van der Waals surface area contributed by atoms with Gasteiger partial charge in [0.25, 0.3) is 0 Å². The van der Waals surface area contributed by atoms with E-state index in [4.69, 9.17) is 4.52 Å². The fourth-order valence-electron chi connectivity index (χ4n) is 1.90. The first-order chi connectivity index (χ1) is 7.86. The van der Waals surface area contributed by atoms with Crippen LogP contribution in [0.15, 0.2) is 53.1 Å². The second-order valence-corrected chi connectivity index (χ2v) is 3.85. The van der Waals surface area contributed by atoms with Gasteiger partial charge in [-0.15, -0.1) is 0 Å². The summed E-state index contributed by atoms with van der Waals surface area (Å²) in [5.74, 6) is 0.847. The molecule has 2 heteroatoms. The Hall–Kier alpha value is -2.09. The Bertz CT molecular complexity index is 626. The zero-order chi connectivity index (χ0) is 11.0. The van der Waals surface area contributed by atoms with Gasteiger partial charge >= 0.3 is 0 Å². The molecule has 2 nitrogen and oxygen atoms in total. The molecule has 1 heterocycles. The molecular weight excluding hydrogens is 198 g/mol. The summed E-state index contributed by atoms with van der Waals surface area (Å²) in [6.07, 6.45) is 0. The Labute approximate surface area is 93.5 Å². The molecule has 0 atom stereocenters. The molecule has 0 radical (unpaired) electrons. The second kappa shape index (κ2) is 3.49. The molecule has 78 valence electrons. The Morgan fingerprint density at radius 3 is 2.56 bits per heavy atom. The van der Waals surface area contributed by atoms with Crippen molar-refractivity contribution < 1.29 is 4.52 Å². The largest absolute Gasteiger partial charge is 0.355 e. The lowest BCUT2D eigenvalue weighted by molar-refractivity contribution is 0.440. The molecule has 0 aliphatic rings. The van der Waals surface area contributed by atoms with E-state index in [1.807, 2.05) is 55.5 Å². The fraction of sp³-hybridized carbons (Fsp3) is 0.0714. The van der Waals surface area contributed by atoms with Crippen molar-refractivity contribution in [1.82, 2.24) is 5.16 Å². The summed E-state index contributed by atoms with van der Waals surface area (Å²) in [5.41, 5.74) is 3.15. The second-order valence-electron chi connectivity index (χ2n) is 3.85. The highest BCUT2D eigenvalue weighted by Gasteiger charge is 2.10. The lowest BCUT2D eigenvalue weighted by Gasteiger charge is -1.96. The summed E-state index contributed by atoms with van der Waals surface area (Å²) in [5, 5.41) is 5.19. The highest BCUT2D eigenvalue weighted by Crippen LogP contribution is 2.29. The summed E-state index contributed by atoms with van der Waals surface area (Å²) in [7, 11) is 0. The monoisotopic (exact) mass is 209 g/mol. The van der Waals surface area contributed by atoms with Gasteiger partial charge in [-0.05, 0) is 18.6 Å². The smallest absolute Gasteiger partial charge is 0.174 e. The van der Waals surface area contributed by atoms with Crippen LogP contribution in [-0.4, -0.2) is 5.16 Å². The first-order valence-corrected chi connectivity index (χ1v) is 5.27. The average molecular weight is 209 g/mol. The van der Waals surface area contributed by atoms with Crippen molar-refractivity contribution in [1.29, 1.82) is 0 Å². The van der Waals surface area contributed by atoms with Crippen LogP contribution in [-0.2, 0) is 0 Å². The first-order valence-electron chi connectivity index (χ1n) is 5.27.